The Hall–Kier alpha value is -0.860. The third-order valence-electron chi connectivity index (χ3n) is 5.65. The first-order chi connectivity index (χ1) is 13.2. The normalized spacial score (nSPS) is 21.1. The van der Waals surface area contributed by atoms with Crippen LogP contribution < -0.4 is 5.32 Å². The van der Waals surface area contributed by atoms with Gasteiger partial charge in [0.1, 0.15) is 0 Å². The molecule has 1 atom stereocenters. The van der Waals surface area contributed by atoms with Gasteiger partial charge in [0, 0.05) is 46.3 Å². The van der Waals surface area contributed by atoms with Crippen molar-refractivity contribution in [2.45, 2.75) is 39.8 Å². The van der Waals surface area contributed by atoms with Crippen LogP contribution >= 0.6 is 24.0 Å². The molecule has 1 unspecified atom stereocenters. The fraction of sp³-hybridized carbons (Fsp3) is 0.682. The third kappa shape index (κ3) is 6.88. The largest absolute Gasteiger partial charge is 0.379 e. The predicted octanol–water partition coefficient (Wildman–Crippen LogP) is 3.58. The summed E-state index contributed by atoms with van der Waals surface area (Å²) in [5.74, 6) is 2.62. The molecule has 2 fully saturated rings. The molecule has 0 aromatic heterocycles. The van der Waals surface area contributed by atoms with Gasteiger partial charge >= 0.3 is 0 Å². The molecule has 28 heavy (non-hydrogen) atoms. The zero-order chi connectivity index (χ0) is 19.1. The molecule has 0 aliphatic carbocycles. The van der Waals surface area contributed by atoms with Crippen LogP contribution in [0.5, 0.6) is 0 Å². The van der Waals surface area contributed by atoms with Gasteiger partial charge in [-0.05, 0) is 35.8 Å². The number of aliphatic imine (C=N–C) groups is 1. The minimum atomic E-state index is 0. The molecule has 2 aliphatic rings. The number of rotatable bonds is 6. The first-order valence-corrected chi connectivity index (χ1v) is 10.5. The van der Waals surface area contributed by atoms with E-state index in [1.807, 2.05) is 7.05 Å². The van der Waals surface area contributed by atoms with Crippen LogP contribution in [0.3, 0.4) is 0 Å². The van der Waals surface area contributed by atoms with E-state index in [-0.39, 0.29) is 24.0 Å². The Morgan fingerprint density at radius 2 is 1.89 bits per heavy atom. The maximum absolute atomic E-state index is 5.48. The zero-order valence-corrected chi connectivity index (χ0v) is 20.0. The van der Waals surface area contributed by atoms with Crippen LogP contribution in [0, 0.1) is 11.8 Å². The lowest BCUT2D eigenvalue weighted by molar-refractivity contribution is 0.0341. The number of likely N-dealkylation sites (tertiary alicyclic amines) is 1. The van der Waals surface area contributed by atoms with Gasteiger partial charge in [-0.15, -0.1) is 24.0 Å². The summed E-state index contributed by atoms with van der Waals surface area (Å²) < 4.78 is 5.48. The monoisotopic (exact) mass is 500 g/mol. The molecule has 0 saturated carbocycles. The number of hydrogen-bond donors (Lipinski definition) is 1. The lowest BCUT2D eigenvalue weighted by Crippen LogP contribution is -2.40. The molecular formula is C22H37IN4O. The molecule has 5 nitrogen and oxygen atoms in total. The number of nitrogens with one attached hydrogen (secondary N) is 1. The second-order valence-electron chi connectivity index (χ2n) is 8.29. The van der Waals surface area contributed by atoms with E-state index in [9.17, 15) is 0 Å². The molecular weight excluding hydrogens is 463 g/mol. The maximum Gasteiger partial charge on any atom is 0.193 e. The lowest BCUT2D eigenvalue weighted by Gasteiger charge is -2.28. The van der Waals surface area contributed by atoms with Crippen molar-refractivity contribution in [2.24, 2.45) is 16.8 Å². The summed E-state index contributed by atoms with van der Waals surface area (Å²) in [6.45, 7) is 12.5. The van der Waals surface area contributed by atoms with Gasteiger partial charge in [0.2, 0.25) is 0 Å². The van der Waals surface area contributed by atoms with E-state index in [0.717, 1.165) is 70.3 Å². The Kier molecular flexibility index (Phi) is 10.0. The summed E-state index contributed by atoms with van der Waals surface area (Å²) in [6.07, 6.45) is 2.60. The maximum atomic E-state index is 5.48. The number of hydrogen-bond acceptors (Lipinski definition) is 3. The second kappa shape index (κ2) is 12.0. The van der Waals surface area contributed by atoms with Crippen LogP contribution in [-0.2, 0) is 17.8 Å². The number of guanidine groups is 1. The number of benzene rings is 1. The molecule has 1 N–H and O–H groups in total. The van der Waals surface area contributed by atoms with Crippen molar-refractivity contribution >= 4 is 29.9 Å². The molecule has 0 amide bonds. The average Bonchev–Trinajstić information content (AvgIpc) is 3.12. The fourth-order valence-corrected chi connectivity index (χ4v) is 4.28. The highest BCUT2D eigenvalue weighted by molar-refractivity contribution is 14.0. The highest BCUT2D eigenvalue weighted by Crippen LogP contribution is 2.23. The van der Waals surface area contributed by atoms with Crippen molar-refractivity contribution in [1.29, 1.82) is 0 Å². The van der Waals surface area contributed by atoms with E-state index >= 15 is 0 Å². The summed E-state index contributed by atoms with van der Waals surface area (Å²) >= 11 is 0. The molecule has 1 aromatic carbocycles. The second-order valence-corrected chi connectivity index (χ2v) is 8.29. The minimum Gasteiger partial charge on any atom is -0.379 e. The molecule has 6 heteroatoms. The zero-order valence-electron chi connectivity index (χ0n) is 17.7. The third-order valence-corrected chi connectivity index (χ3v) is 5.65. The van der Waals surface area contributed by atoms with Crippen molar-refractivity contribution in [3.05, 3.63) is 35.4 Å². The molecule has 0 bridgehead atoms. The predicted molar refractivity (Wildman–Crippen MR) is 127 cm³/mol. The van der Waals surface area contributed by atoms with Gasteiger partial charge in [-0.1, -0.05) is 38.1 Å². The first-order valence-electron chi connectivity index (χ1n) is 10.5. The van der Waals surface area contributed by atoms with Crippen LogP contribution in [0.2, 0.25) is 0 Å². The topological polar surface area (TPSA) is 40.1 Å². The van der Waals surface area contributed by atoms with E-state index in [4.69, 9.17) is 4.74 Å². The number of halogens is 1. The Bertz CT molecular complexity index is 616. The highest BCUT2D eigenvalue weighted by Gasteiger charge is 2.25. The van der Waals surface area contributed by atoms with Gasteiger partial charge in [-0.2, -0.15) is 0 Å². The van der Waals surface area contributed by atoms with Crippen LogP contribution in [-0.4, -0.2) is 62.2 Å². The number of ether oxygens (including phenoxy) is 1. The molecule has 2 saturated heterocycles. The van der Waals surface area contributed by atoms with Gasteiger partial charge in [-0.3, -0.25) is 9.89 Å². The number of morpholine rings is 1. The van der Waals surface area contributed by atoms with Gasteiger partial charge in [0.15, 0.2) is 5.96 Å². The van der Waals surface area contributed by atoms with E-state index in [0.29, 0.717) is 0 Å². The van der Waals surface area contributed by atoms with Crippen LogP contribution in [0.1, 0.15) is 37.8 Å². The highest BCUT2D eigenvalue weighted by atomic mass is 127. The van der Waals surface area contributed by atoms with E-state index in [1.165, 1.54) is 24.0 Å². The van der Waals surface area contributed by atoms with E-state index in [2.05, 4.69) is 58.2 Å². The number of nitrogens with zero attached hydrogens (tertiary/aromatic N) is 3. The standard InChI is InChI=1S/C22H36N4O.HI/c1-18(2)14-19-8-9-26(16-19)22(23-3)24-15-20-6-4-5-7-21(20)17-25-10-12-27-13-11-25;/h4-7,18-19H,8-17H2,1-3H3,(H,23,24);1H. The molecule has 3 rings (SSSR count). The van der Waals surface area contributed by atoms with E-state index < -0.39 is 0 Å². The Balaban J connectivity index is 0.00000280. The lowest BCUT2D eigenvalue weighted by atomic mass is 9.97. The Labute approximate surface area is 187 Å². The van der Waals surface area contributed by atoms with Gasteiger partial charge in [0.05, 0.1) is 13.2 Å². The summed E-state index contributed by atoms with van der Waals surface area (Å²) in [7, 11) is 1.90. The van der Waals surface area contributed by atoms with Gasteiger partial charge in [-0.25, -0.2) is 0 Å². The van der Waals surface area contributed by atoms with Gasteiger partial charge < -0.3 is 15.0 Å². The van der Waals surface area contributed by atoms with E-state index in [1.54, 1.807) is 0 Å². The summed E-state index contributed by atoms with van der Waals surface area (Å²) in [5, 5.41) is 3.61. The summed E-state index contributed by atoms with van der Waals surface area (Å²) in [6, 6.07) is 8.77. The summed E-state index contributed by atoms with van der Waals surface area (Å²) in [4.78, 5) is 9.46. The molecule has 2 heterocycles. The Morgan fingerprint density at radius 1 is 1.18 bits per heavy atom. The SMILES string of the molecule is CN=C(NCc1ccccc1CN1CCOCC1)N1CCC(CC(C)C)C1.I. The molecule has 158 valence electrons. The van der Waals surface area contributed by atoms with Crippen molar-refractivity contribution in [3.8, 4) is 0 Å². The van der Waals surface area contributed by atoms with Crippen molar-refractivity contribution in [3.63, 3.8) is 0 Å². The fourth-order valence-electron chi connectivity index (χ4n) is 4.28. The smallest absolute Gasteiger partial charge is 0.193 e. The van der Waals surface area contributed by atoms with Crippen molar-refractivity contribution < 1.29 is 4.74 Å². The van der Waals surface area contributed by atoms with Crippen LogP contribution in [0.25, 0.3) is 0 Å². The first kappa shape index (κ1) is 23.4. The summed E-state index contributed by atoms with van der Waals surface area (Å²) in [5.41, 5.74) is 2.77. The van der Waals surface area contributed by atoms with Crippen LogP contribution in [0.4, 0.5) is 0 Å². The molecule has 0 radical (unpaired) electrons. The van der Waals surface area contributed by atoms with Gasteiger partial charge in [0.25, 0.3) is 0 Å². The quantitative estimate of drug-likeness (QED) is 0.369. The molecule has 1 aromatic rings. The molecule has 2 aliphatic heterocycles. The Morgan fingerprint density at radius 3 is 2.57 bits per heavy atom. The molecule has 0 spiro atoms. The minimum absolute atomic E-state index is 0. The van der Waals surface area contributed by atoms with Crippen molar-refractivity contribution in [1.82, 2.24) is 15.1 Å². The van der Waals surface area contributed by atoms with Crippen molar-refractivity contribution in [2.75, 3.05) is 46.4 Å². The van der Waals surface area contributed by atoms with Crippen LogP contribution in [0.15, 0.2) is 29.3 Å². The average molecular weight is 500 g/mol.